The van der Waals surface area contributed by atoms with Crippen molar-refractivity contribution in [2.45, 2.75) is 24.0 Å². The summed E-state index contributed by atoms with van der Waals surface area (Å²) in [5.74, 6) is 0.416. The normalized spacial score (nSPS) is 22.8. The number of esters is 1. The highest BCUT2D eigenvalue weighted by atomic mass is 79.9. The Morgan fingerprint density at radius 1 is 0.880 bits per heavy atom. The summed E-state index contributed by atoms with van der Waals surface area (Å²) in [4.78, 5) is 46.7. The zero-order valence-corrected chi connectivity index (χ0v) is 31.4. The molecule has 0 bridgehead atoms. The van der Waals surface area contributed by atoms with Gasteiger partial charge in [-0.25, -0.2) is 4.79 Å². The second-order valence-electron chi connectivity index (χ2n) is 12.5. The van der Waals surface area contributed by atoms with E-state index in [1.807, 2.05) is 89.8 Å². The number of fused-ring (bicyclic) bond motifs is 4. The Hall–Kier alpha value is -3.96. The summed E-state index contributed by atoms with van der Waals surface area (Å²) in [5.41, 5.74) is 3.81. The number of carbonyl (C=O) groups excluding carboxylic acids is 3. The first-order valence-electron chi connectivity index (χ1n) is 16.2. The van der Waals surface area contributed by atoms with Crippen LogP contribution in [0.2, 0.25) is 0 Å². The van der Waals surface area contributed by atoms with E-state index in [1.165, 1.54) is 13.2 Å². The second-order valence-corrected chi connectivity index (χ2v) is 15.3. The maximum atomic E-state index is 15.5. The largest absolute Gasteiger partial charge is 0.497 e. The molecule has 4 aromatic carbocycles. The molecule has 4 atom stereocenters. The van der Waals surface area contributed by atoms with Crippen molar-refractivity contribution in [3.05, 3.63) is 140 Å². The van der Waals surface area contributed by atoms with Gasteiger partial charge in [0.15, 0.2) is 5.78 Å². The van der Waals surface area contributed by atoms with E-state index in [0.29, 0.717) is 12.4 Å². The van der Waals surface area contributed by atoms with Gasteiger partial charge in [0, 0.05) is 49.9 Å². The molecular formula is C40H34Br2N2O5S. The number of allylic oxidation sites excluding steroid dienone is 1. The summed E-state index contributed by atoms with van der Waals surface area (Å²) in [6.07, 6.45) is 6.55. The molecule has 254 valence electrons. The highest BCUT2D eigenvalue weighted by Crippen LogP contribution is 2.62. The van der Waals surface area contributed by atoms with Gasteiger partial charge < -0.3 is 14.4 Å². The molecule has 3 heterocycles. The van der Waals surface area contributed by atoms with Crippen LogP contribution in [0.5, 0.6) is 5.75 Å². The van der Waals surface area contributed by atoms with Gasteiger partial charge in [0.1, 0.15) is 11.3 Å². The number of rotatable bonds is 9. The third-order valence-electron chi connectivity index (χ3n) is 9.87. The van der Waals surface area contributed by atoms with Gasteiger partial charge in [0.25, 0.3) is 5.91 Å². The first kappa shape index (κ1) is 34.5. The van der Waals surface area contributed by atoms with Gasteiger partial charge in [-0.3, -0.25) is 14.5 Å². The van der Waals surface area contributed by atoms with E-state index in [0.717, 1.165) is 54.0 Å². The molecule has 4 aromatic rings. The number of anilines is 1. The van der Waals surface area contributed by atoms with Crippen LogP contribution in [0.15, 0.2) is 112 Å². The number of carbonyl (C=O) groups is 3. The van der Waals surface area contributed by atoms with Crippen molar-refractivity contribution in [1.82, 2.24) is 4.90 Å². The van der Waals surface area contributed by atoms with E-state index in [4.69, 9.17) is 9.47 Å². The minimum absolute atomic E-state index is 0.0665. The van der Waals surface area contributed by atoms with Crippen molar-refractivity contribution in [2.24, 2.45) is 5.92 Å². The first-order chi connectivity index (χ1) is 24.2. The molecule has 50 heavy (non-hydrogen) atoms. The number of ketones is 1. The number of benzene rings is 4. The molecule has 1 spiro atoms. The van der Waals surface area contributed by atoms with E-state index in [-0.39, 0.29) is 23.7 Å². The molecule has 3 aliphatic heterocycles. The molecule has 1 amide bonds. The minimum atomic E-state index is -1.29. The van der Waals surface area contributed by atoms with Crippen molar-refractivity contribution >= 4 is 79.1 Å². The van der Waals surface area contributed by atoms with Crippen molar-refractivity contribution in [3.63, 3.8) is 0 Å². The molecule has 10 heteroatoms. The number of hydrogen-bond donors (Lipinski definition) is 0. The molecule has 0 radical (unpaired) electrons. The van der Waals surface area contributed by atoms with Crippen LogP contribution in [0.1, 0.15) is 33.7 Å². The quantitative estimate of drug-likeness (QED) is 0.125. The summed E-state index contributed by atoms with van der Waals surface area (Å²) in [6, 6.07) is 29.4. The Bertz CT molecular complexity index is 2000. The summed E-state index contributed by atoms with van der Waals surface area (Å²) in [5, 5.41) is 0. The van der Waals surface area contributed by atoms with Crippen molar-refractivity contribution in [3.8, 4) is 5.75 Å². The van der Waals surface area contributed by atoms with E-state index in [2.05, 4.69) is 48.9 Å². The highest BCUT2D eigenvalue weighted by Gasteiger charge is 2.70. The summed E-state index contributed by atoms with van der Waals surface area (Å²) >= 11 is 8.86. The topological polar surface area (TPSA) is 76.1 Å². The molecule has 2 fully saturated rings. The monoisotopic (exact) mass is 812 g/mol. The van der Waals surface area contributed by atoms with E-state index in [1.54, 1.807) is 31.0 Å². The first-order valence-corrected chi connectivity index (χ1v) is 18.9. The number of thioether (sulfide) groups is 1. The van der Waals surface area contributed by atoms with Gasteiger partial charge in [0.2, 0.25) is 0 Å². The summed E-state index contributed by atoms with van der Waals surface area (Å²) in [6.45, 7) is 0.319. The van der Waals surface area contributed by atoms with Crippen LogP contribution < -0.4 is 9.64 Å². The van der Waals surface area contributed by atoms with Crippen LogP contribution in [0.4, 0.5) is 5.69 Å². The predicted octanol–water partition coefficient (Wildman–Crippen LogP) is 8.22. The fourth-order valence-corrected chi connectivity index (χ4v) is 9.48. The fraction of sp³-hybridized carbons (Fsp3) is 0.225. The number of ether oxygens (including phenoxy) is 2. The number of methoxy groups -OCH3 is 2. The molecule has 0 aliphatic carbocycles. The van der Waals surface area contributed by atoms with Gasteiger partial charge in [-0.1, -0.05) is 80.4 Å². The Morgan fingerprint density at radius 3 is 2.22 bits per heavy atom. The van der Waals surface area contributed by atoms with E-state index >= 15 is 4.79 Å². The zero-order valence-electron chi connectivity index (χ0n) is 27.4. The maximum Gasteiger partial charge on any atom is 0.330 e. The van der Waals surface area contributed by atoms with Crippen LogP contribution in [0.3, 0.4) is 0 Å². The number of nitrogens with zero attached hydrogens (tertiary/aromatic N) is 2. The predicted molar refractivity (Wildman–Crippen MR) is 205 cm³/mol. The number of hydrogen-bond acceptors (Lipinski definition) is 7. The molecular weight excluding hydrogens is 780 g/mol. The van der Waals surface area contributed by atoms with Gasteiger partial charge in [-0.15, -0.1) is 11.8 Å². The van der Waals surface area contributed by atoms with Gasteiger partial charge in [-0.05, 0) is 82.9 Å². The van der Waals surface area contributed by atoms with Crippen LogP contribution in [0, 0.1) is 5.92 Å². The smallest absolute Gasteiger partial charge is 0.330 e. The minimum Gasteiger partial charge on any atom is -0.497 e. The number of halogens is 2. The maximum absolute atomic E-state index is 15.5. The Balaban J connectivity index is 1.42. The lowest BCUT2D eigenvalue weighted by atomic mass is 9.70. The Kier molecular flexibility index (Phi) is 9.89. The number of amides is 1. The van der Waals surface area contributed by atoms with E-state index < -0.39 is 17.4 Å². The molecule has 3 aliphatic rings. The second kappa shape index (κ2) is 14.3. The molecule has 7 nitrogen and oxygen atoms in total. The molecule has 1 unspecified atom stereocenters. The van der Waals surface area contributed by atoms with Crippen molar-refractivity contribution in [1.29, 1.82) is 0 Å². The summed E-state index contributed by atoms with van der Waals surface area (Å²) < 4.78 is 12.1. The van der Waals surface area contributed by atoms with Gasteiger partial charge in [-0.2, -0.15) is 0 Å². The SMILES string of the molecule is COC(=O)/C=C/c1ccc2c(c1)C1(C(=O)N2Cc2ccc(OC)cc2)[C@H](C(=O)/C=C/c2ccc(Br)cc2)[C@@H](c2ccc(Br)cc2)[C@@H]2CSCN21. The van der Waals surface area contributed by atoms with Gasteiger partial charge >= 0.3 is 5.97 Å². The standard InChI is InChI=1S/C40H34Br2N2O5S/c1-48-31-16-5-27(6-17-31)22-43-33-18-7-26(9-20-36(46)49-2)21-32(33)40(39(43)47)38(35(45)19-8-25-3-12-29(41)13-4-25)37(34-23-50-24-44(34)40)28-10-14-30(42)15-11-28/h3-21,34,37-38H,22-24H2,1-2H3/b19-8+,20-9+/t34-,37-,38+,40?/m0/s1. The van der Waals surface area contributed by atoms with Gasteiger partial charge in [0.05, 0.1) is 26.7 Å². The lowest BCUT2D eigenvalue weighted by molar-refractivity contribution is -0.136. The highest BCUT2D eigenvalue weighted by molar-refractivity contribution is 9.10. The third-order valence-corrected chi connectivity index (χ3v) is 12.0. The molecule has 0 saturated carbocycles. The lowest BCUT2D eigenvalue weighted by Gasteiger charge is -2.37. The summed E-state index contributed by atoms with van der Waals surface area (Å²) in [7, 11) is 2.96. The van der Waals surface area contributed by atoms with Crippen LogP contribution in [0.25, 0.3) is 12.2 Å². The molecule has 0 aromatic heterocycles. The molecule has 2 saturated heterocycles. The van der Waals surface area contributed by atoms with E-state index in [9.17, 15) is 9.59 Å². The van der Waals surface area contributed by atoms with Crippen LogP contribution in [-0.2, 0) is 31.2 Å². The van der Waals surface area contributed by atoms with Crippen molar-refractivity contribution < 1.29 is 23.9 Å². The molecule has 0 N–H and O–H groups in total. The Labute approximate surface area is 312 Å². The average Bonchev–Trinajstić information content (AvgIpc) is 3.79. The average molecular weight is 815 g/mol. The van der Waals surface area contributed by atoms with Crippen molar-refractivity contribution in [2.75, 3.05) is 30.7 Å². The lowest BCUT2D eigenvalue weighted by Crippen LogP contribution is -2.54. The molecule has 7 rings (SSSR count). The van der Waals surface area contributed by atoms with Crippen LogP contribution in [-0.4, -0.2) is 54.5 Å². The zero-order chi connectivity index (χ0) is 35.0. The fourth-order valence-electron chi connectivity index (χ4n) is 7.63. The third kappa shape index (κ3) is 6.16. The Morgan fingerprint density at radius 2 is 1.54 bits per heavy atom. The van der Waals surface area contributed by atoms with Crippen LogP contribution >= 0.6 is 43.6 Å².